The van der Waals surface area contributed by atoms with Gasteiger partial charge in [-0.3, -0.25) is 4.57 Å². The van der Waals surface area contributed by atoms with Crippen LogP contribution in [-0.4, -0.2) is 16.7 Å². The summed E-state index contributed by atoms with van der Waals surface area (Å²) in [5.41, 5.74) is 2.11. The van der Waals surface area contributed by atoms with E-state index in [4.69, 9.17) is 4.74 Å². The first kappa shape index (κ1) is 12.5. The molecule has 2 aromatic rings. The van der Waals surface area contributed by atoms with Crippen LogP contribution < -0.4 is 10.4 Å². The minimum atomic E-state index is -0.0295. The minimum absolute atomic E-state index is 0.0295. The molecule has 1 heterocycles. The number of aromatic nitrogens is 2. The smallest absolute Gasteiger partial charge is 0.325 e. The second-order valence-corrected chi connectivity index (χ2v) is 4.39. The van der Waals surface area contributed by atoms with Gasteiger partial charge in [-0.1, -0.05) is 12.1 Å². The van der Waals surface area contributed by atoms with E-state index in [9.17, 15) is 4.79 Å². The third-order valence-corrected chi connectivity index (χ3v) is 2.91. The first-order valence-electron chi connectivity index (χ1n) is 6.08. The monoisotopic (exact) mass is 246 g/mol. The number of hydrogen-bond acceptors (Lipinski definition) is 2. The number of methoxy groups -OCH3 is 1. The number of aryl methyl sites for hydroxylation is 3. The van der Waals surface area contributed by atoms with Crippen molar-refractivity contribution in [1.29, 1.82) is 0 Å². The lowest BCUT2D eigenvalue weighted by Crippen LogP contribution is -2.16. The van der Waals surface area contributed by atoms with Gasteiger partial charge in [-0.05, 0) is 37.5 Å². The number of hydrogen-bond donors (Lipinski definition) is 1. The van der Waals surface area contributed by atoms with Crippen molar-refractivity contribution in [2.75, 3.05) is 7.11 Å². The normalized spacial score (nSPS) is 10.6. The van der Waals surface area contributed by atoms with Gasteiger partial charge in [0.15, 0.2) is 0 Å². The summed E-state index contributed by atoms with van der Waals surface area (Å²) in [5.74, 6) is 0.877. The third-order valence-electron chi connectivity index (χ3n) is 2.91. The quantitative estimate of drug-likeness (QED) is 0.878. The number of nitrogens with one attached hydrogen (secondary N) is 1. The summed E-state index contributed by atoms with van der Waals surface area (Å²) in [6.07, 6.45) is 3.73. The molecule has 1 N–H and O–H groups in total. The molecule has 4 nitrogen and oxygen atoms in total. The molecule has 2 rings (SSSR count). The highest BCUT2D eigenvalue weighted by Crippen LogP contribution is 2.14. The van der Waals surface area contributed by atoms with Gasteiger partial charge in [-0.15, -0.1) is 0 Å². The number of ether oxygens (including phenoxy) is 1. The molecule has 4 heteroatoms. The fourth-order valence-corrected chi connectivity index (χ4v) is 2.01. The molecule has 0 bridgehead atoms. The van der Waals surface area contributed by atoms with Crippen molar-refractivity contribution < 1.29 is 4.74 Å². The number of H-pyrrole nitrogens is 1. The van der Waals surface area contributed by atoms with E-state index in [-0.39, 0.29) is 5.69 Å². The van der Waals surface area contributed by atoms with Gasteiger partial charge >= 0.3 is 5.69 Å². The lowest BCUT2D eigenvalue weighted by Gasteiger charge is -2.04. The molecule has 18 heavy (non-hydrogen) atoms. The van der Waals surface area contributed by atoms with Crippen LogP contribution in [0.5, 0.6) is 5.75 Å². The average molecular weight is 246 g/mol. The molecule has 0 saturated carbocycles. The Morgan fingerprint density at radius 2 is 2.22 bits per heavy atom. The molecule has 0 spiro atoms. The summed E-state index contributed by atoms with van der Waals surface area (Å²) in [5, 5.41) is 0. The van der Waals surface area contributed by atoms with Crippen LogP contribution in [-0.2, 0) is 13.0 Å². The van der Waals surface area contributed by atoms with Gasteiger partial charge in [0.05, 0.1) is 7.11 Å². The van der Waals surface area contributed by atoms with Crippen molar-refractivity contribution in [3.05, 3.63) is 52.2 Å². The van der Waals surface area contributed by atoms with Crippen molar-refractivity contribution >= 4 is 0 Å². The summed E-state index contributed by atoms with van der Waals surface area (Å²) in [6.45, 7) is 2.63. The Morgan fingerprint density at radius 1 is 1.39 bits per heavy atom. The second kappa shape index (κ2) is 5.58. The van der Waals surface area contributed by atoms with Gasteiger partial charge < -0.3 is 9.72 Å². The summed E-state index contributed by atoms with van der Waals surface area (Å²) in [6, 6.07) is 8.03. The maximum atomic E-state index is 11.5. The molecule has 96 valence electrons. The largest absolute Gasteiger partial charge is 0.497 e. The van der Waals surface area contributed by atoms with Crippen molar-refractivity contribution in [2.45, 2.75) is 26.3 Å². The average Bonchev–Trinajstić information content (AvgIpc) is 2.68. The fourth-order valence-electron chi connectivity index (χ4n) is 2.01. The summed E-state index contributed by atoms with van der Waals surface area (Å²) >= 11 is 0. The molecule has 0 atom stereocenters. The molecule has 1 aromatic carbocycles. The van der Waals surface area contributed by atoms with E-state index < -0.39 is 0 Å². The molecule has 0 saturated heterocycles. The highest BCUT2D eigenvalue weighted by Gasteiger charge is 2.00. The first-order chi connectivity index (χ1) is 8.69. The topological polar surface area (TPSA) is 47.0 Å². The van der Waals surface area contributed by atoms with Crippen LogP contribution in [0, 0.1) is 6.92 Å². The van der Waals surface area contributed by atoms with E-state index in [2.05, 4.69) is 11.1 Å². The van der Waals surface area contributed by atoms with Gasteiger partial charge in [0.1, 0.15) is 5.75 Å². The van der Waals surface area contributed by atoms with Crippen molar-refractivity contribution in [1.82, 2.24) is 9.55 Å². The van der Waals surface area contributed by atoms with Crippen molar-refractivity contribution in [3.63, 3.8) is 0 Å². The van der Waals surface area contributed by atoms with Gasteiger partial charge in [-0.25, -0.2) is 4.79 Å². The van der Waals surface area contributed by atoms with Crippen molar-refractivity contribution in [3.8, 4) is 5.75 Å². The number of nitrogens with zero attached hydrogens (tertiary/aromatic N) is 1. The van der Waals surface area contributed by atoms with Crippen LogP contribution in [0.15, 0.2) is 35.3 Å². The molecular formula is C14H18N2O2. The van der Waals surface area contributed by atoms with Crippen LogP contribution in [0.3, 0.4) is 0 Å². The van der Waals surface area contributed by atoms with Crippen molar-refractivity contribution in [2.24, 2.45) is 0 Å². The van der Waals surface area contributed by atoms with Crippen LogP contribution in [0.4, 0.5) is 0 Å². The Labute approximate surface area is 106 Å². The number of imidazole rings is 1. The Morgan fingerprint density at radius 3 is 2.89 bits per heavy atom. The van der Waals surface area contributed by atoms with Crippen LogP contribution >= 0.6 is 0 Å². The highest BCUT2D eigenvalue weighted by atomic mass is 16.5. The van der Waals surface area contributed by atoms with Gasteiger partial charge in [-0.2, -0.15) is 0 Å². The number of rotatable bonds is 5. The molecule has 0 aliphatic heterocycles. The van der Waals surface area contributed by atoms with Gasteiger partial charge in [0.2, 0.25) is 0 Å². The van der Waals surface area contributed by atoms with E-state index in [1.807, 2.05) is 31.3 Å². The maximum absolute atomic E-state index is 11.5. The second-order valence-electron chi connectivity index (χ2n) is 4.39. The van der Waals surface area contributed by atoms with Crippen LogP contribution in [0.2, 0.25) is 0 Å². The third kappa shape index (κ3) is 3.03. The molecule has 0 aliphatic rings. The summed E-state index contributed by atoms with van der Waals surface area (Å²) in [7, 11) is 1.67. The predicted octanol–water partition coefficient (Wildman–Crippen LogP) is 2.13. The standard InChI is InChI=1S/C14H18N2O2/c1-11-10-16(14(17)15-11)8-4-6-12-5-3-7-13(9-12)18-2/h3,5,7,9-10H,4,6,8H2,1-2H3,(H,15,17). The van der Waals surface area contributed by atoms with E-state index in [0.717, 1.165) is 30.8 Å². The molecular weight excluding hydrogens is 228 g/mol. The van der Waals surface area contributed by atoms with Gasteiger partial charge in [0, 0.05) is 18.4 Å². The zero-order valence-corrected chi connectivity index (χ0v) is 10.8. The van der Waals surface area contributed by atoms with Gasteiger partial charge in [0.25, 0.3) is 0 Å². The SMILES string of the molecule is COc1cccc(CCCn2cc(C)[nH]c2=O)c1. The summed E-state index contributed by atoms with van der Waals surface area (Å²) < 4.78 is 6.90. The molecule has 0 amide bonds. The Hall–Kier alpha value is -1.97. The molecule has 0 aliphatic carbocycles. The molecule has 0 unspecified atom stereocenters. The fraction of sp³-hybridized carbons (Fsp3) is 0.357. The zero-order chi connectivity index (χ0) is 13.0. The highest BCUT2D eigenvalue weighted by molar-refractivity contribution is 5.28. The van der Waals surface area contributed by atoms with E-state index >= 15 is 0 Å². The van der Waals surface area contributed by atoms with E-state index in [1.165, 1.54) is 5.56 Å². The van der Waals surface area contributed by atoms with E-state index in [0.29, 0.717) is 0 Å². The Bertz CT molecular complexity index is 569. The zero-order valence-electron chi connectivity index (χ0n) is 10.8. The first-order valence-corrected chi connectivity index (χ1v) is 6.08. The lowest BCUT2D eigenvalue weighted by molar-refractivity contribution is 0.414. The molecule has 0 fully saturated rings. The molecule has 1 aromatic heterocycles. The maximum Gasteiger partial charge on any atom is 0.325 e. The minimum Gasteiger partial charge on any atom is -0.497 e. The predicted molar refractivity (Wildman–Crippen MR) is 71.1 cm³/mol. The Balaban J connectivity index is 1.92. The van der Waals surface area contributed by atoms with Crippen LogP contribution in [0.1, 0.15) is 17.7 Å². The molecule has 0 radical (unpaired) electrons. The Kier molecular flexibility index (Phi) is 3.87. The lowest BCUT2D eigenvalue weighted by atomic mass is 10.1. The summed E-state index contributed by atoms with van der Waals surface area (Å²) in [4.78, 5) is 14.2. The van der Waals surface area contributed by atoms with E-state index in [1.54, 1.807) is 11.7 Å². The van der Waals surface area contributed by atoms with Crippen LogP contribution in [0.25, 0.3) is 0 Å². The number of aromatic amines is 1. The number of benzene rings is 1.